The molecule has 0 spiro atoms. The van der Waals surface area contributed by atoms with Crippen LogP contribution in [0.2, 0.25) is 0 Å². The highest BCUT2D eigenvalue weighted by atomic mass is 19.1. The standard InChI is InChI=1S/C29H33FN6O4.C2H6/c1-18(27-32-33-34-36(27)20(3)17-37)6-5-7-19(2)31-28(38)25-14-23-16-35(13-12-22(23)15-26(25)40-4)29(39)21-8-10-24(30)11-9-21;1-2/h5-11,14-15,20,33-34,37H,2,12-13,16-17H2,1,3-4H3,(H,31,38);1-2H3/b7-5-,18-6+;. The Labute approximate surface area is 246 Å². The van der Waals surface area contributed by atoms with Crippen LogP contribution in [0.5, 0.6) is 5.75 Å². The first-order chi connectivity index (χ1) is 20.2. The maximum Gasteiger partial charge on any atom is 0.259 e. The molecule has 11 heteroatoms. The molecule has 0 bridgehead atoms. The number of nitrogens with zero attached hydrogens (tertiary/aromatic N) is 3. The second-order valence-corrected chi connectivity index (χ2v) is 9.55. The Kier molecular flexibility index (Phi) is 11.4. The third-order valence-electron chi connectivity index (χ3n) is 6.69. The number of carbonyl (C=O) groups is 2. The van der Waals surface area contributed by atoms with Crippen molar-refractivity contribution in [1.29, 1.82) is 0 Å². The van der Waals surface area contributed by atoms with Gasteiger partial charge in [0, 0.05) is 24.4 Å². The number of hydrogen-bond acceptors (Lipinski definition) is 8. The number of halogens is 1. The molecule has 10 nitrogen and oxygen atoms in total. The minimum Gasteiger partial charge on any atom is -0.496 e. The van der Waals surface area contributed by atoms with E-state index in [1.54, 1.807) is 28.1 Å². The van der Waals surface area contributed by atoms with Gasteiger partial charge in [-0.3, -0.25) is 14.6 Å². The number of benzene rings is 2. The first kappa shape index (κ1) is 32.0. The summed E-state index contributed by atoms with van der Waals surface area (Å²) in [5.41, 5.74) is 9.31. The number of allylic oxidation sites excluding steroid dienone is 3. The van der Waals surface area contributed by atoms with Crippen molar-refractivity contribution in [2.45, 2.75) is 46.7 Å². The third-order valence-corrected chi connectivity index (χ3v) is 6.69. The first-order valence-electron chi connectivity index (χ1n) is 13.8. The number of hydrazone groups is 1. The van der Waals surface area contributed by atoms with Crippen LogP contribution in [0.25, 0.3) is 0 Å². The minimum absolute atomic E-state index is 0.0472. The summed E-state index contributed by atoms with van der Waals surface area (Å²) in [5, 5.41) is 18.1. The summed E-state index contributed by atoms with van der Waals surface area (Å²) in [7, 11) is 1.50. The van der Waals surface area contributed by atoms with Gasteiger partial charge in [0.2, 0.25) is 0 Å². The van der Waals surface area contributed by atoms with E-state index in [0.29, 0.717) is 47.9 Å². The maximum atomic E-state index is 13.3. The van der Waals surface area contributed by atoms with Crippen LogP contribution in [-0.2, 0) is 13.0 Å². The Bertz CT molecular complexity index is 1390. The Morgan fingerprint density at radius 2 is 1.95 bits per heavy atom. The van der Waals surface area contributed by atoms with Gasteiger partial charge in [-0.25, -0.2) is 9.93 Å². The fourth-order valence-corrected chi connectivity index (χ4v) is 4.44. The zero-order valence-corrected chi connectivity index (χ0v) is 24.7. The Balaban J connectivity index is 0.00000237. The van der Waals surface area contributed by atoms with E-state index in [2.05, 4.69) is 28.1 Å². The molecule has 4 N–H and O–H groups in total. The molecule has 0 aliphatic carbocycles. The number of fused-ring (bicyclic) bond motifs is 1. The number of nitrogens with one attached hydrogen (secondary N) is 3. The predicted octanol–water partition coefficient (Wildman–Crippen LogP) is 3.82. The number of ether oxygens (including phenoxy) is 1. The highest BCUT2D eigenvalue weighted by Crippen LogP contribution is 2.29. The summed E-state index contributed by atoms with van der Waals surface area (Å²) >= 11 is 0. The topological polar surface area (TPSA) is 119 Å². The van der Waals surface area contributed by atoms with E-state index in [9.17, 15) is 19.1 Å². The highest BCUT2D eigenvalue weighted by Gasteiger charge is 2.25. The number of rotatable bonds is 9. The van der Waals surface area contributed by atoms with Crippen LogP contribution < -0.4 is 21.1 Å². The number of hydrogen-bond donors (Lipinski definition) is 4. The van der Waals surface area contributed by atoms with Gasteiger partial charge in [0.15, 0.2) is 5.84 Å². The van der Waals surface area contributed by atoms with Gasteiger partial charge in [-0.15, -0.1) is 10.6 Å². The fourth-order valence-electron chi connectivity index (χ4n) is 4.44. The van der Waals surface area contributed by atoms with E-state index >= 15 is 0 Å². The maximum absolute atomic E-state index is 13.3. The van der Waals surface area contributed by atoms with Crippen LogP contribution in [0.1, 0.15) is 59.5 Å². The van der Waals surface area contributed by atoms with Gasteiger partial charge in [-0.05, 0) is 79.4 Å². The number of carbonyl (C=O) groups excluding carboxylic acids is 2. The summed E-state index contributed by atoms with van der Waals surface area (Å²) < 4.78 is 18.8. The molecule has 42 heavy (non-hydrogen) atoms. The van der Waals surface area contributed by atoms with Crippen LogP contribution in [-0.4, -0.2) is 59.0 Å². The average molecular weight is 579 g/mol. The van der Waals surface area contributed by atoms with Crippen molar-refractivity contribution in [3.05, 3.63) is 101 Å². The lowest BCUT2D eigenvalue weighted by molar-refractivity contribution is 0.0734. The van der Waals surface area contributed by atoms with Crippen molar-refractivity contribution in [3.63, 3.8) is 0 Å². The molecule has 0 saturated heterocycles. The lowest BCUT2D eigenvalue weighted by atomic mass is 9.95. The van der Waals surface area contributed by atoms with E-state index in [1.165, 1.54) is 31.4 Å². The largest absolute Gasteiger partial charge is 0.496 e. The fraction of sp³-hybridized carbons (Fsp3) is 0.323. The quantitative estimate of drug-likeness (QED) is 0.334. The van der Waals surface area contributed by atoms with Crippen molar-refractivity contribution < 1.29 is 23.8 Å². The third kappa shape index (κ3) is 7.62. The van der Waals surface area contributed by atoms with Crippen LogP contribution in [0.15, 0.2) is 77.6 Å². The van der Waals surface area contributed by atoms with E-state index < -0.39 is 11.7 Å². The van der Waals surface area contributed by atoms with Gasteiger partial charge in [0.1, 0.15) is 11.6 Å². The van der Waals surface area contributed by atoms with E-state index in [4.69, 9.17) is 4.74 Å². The van der Waals surface area contributed by atoms with E-state index in [1.807, 2.05) is 39.8 Å². The Morgan fingerprint density at radius 1 is 1.24 bits per heavy atom. The summed E-state index contributed by atoms with van der Waals surface area (Å²) in [6.45, 7) is 12.4. The summed E-state index contributed by atoms with van der Waals surface area (Å²) in [5.74, 6) is 0.0703. The highest BCUT2D eigenvalue weighted by molar-refractivity contribution is 5.99. The number of aliphatic hydroxyl groups excluding tert-OH is 1. The molecule has 2 aromatic rings. The van der Waals surface area contributed by atoms with Crippen molar-refractivity contribution in [2.24, 2.45) is 5.10 Å². The average Bonchev–Trinajstić information content (AvgIpc) is 3.51. The van der Waals surface area contributed by atoms with Crippen molar-refractivity contribution in [1.82, 2.24) is 26.3 Å². The molecule has 2 heterocycles. The van der Waals surface area contributed by atoms with Gasteiger partial charge < -0.3 is 20.1 Å². The molecule has 4 rings (SSSR count). The molecule has 2 amide bonds. The van der Waals surface area contributed by atoms with Crippen molar-refractivity contribution in [2.75, 3.05) is 20.3 Å². The molecule has 0 fully saturated rings. The smallest absolute Gasteiger partial charge is 0.259 e. The number of aliphatic hydroxyl groups is 1. The summed E-state index contributed by atoms with van der Waals surface area (Å²) in [6.07, 6.45) is 5.82. The van der Waals surface area contributed by atoms with Crippen molar-refractivity contribution >= 4 is 17.6 Å². The molecule has 0 aromatic heterocycles. The molecule has 0 radical (unpaired) electrons. The lowest BCUT2D eigenvalue weighted by Gasteiger charge is -2.30. The molecule has 224 valence electrons. The SMILES string of the molecule is C=C(/C=C\C=C(/C)C1=NNNN1C(C)CO)NC(=O)c1cc2c(cc1OC)CCN(C(=O)c1ccc(F)cc1)C2.CC. The Morgan fingerprint density at radius 3 is 2.62 bits per heavy atom. The van der Waals surface area contributed by atoms with Gasteiger partial charge in [-0.1, -0.05) is 32.6 Å². The molecule has 1 atom stereocenters. The zero-order chi connectivity index (χ0) is 30.8. The summed E-state index contributed by atoms with van der Waals surface area (Å²) in [4.78, 5) is 27.8. The lowest BCUT2D eigenvalue weighted by Crippen LogP contribution is -2.48. The van der Waals surface area contributed by atoms with Gasteiger partial charge in [0.25, 0.3) is 11.8 Å². The second-order valence-electron chi connectivity index (χ2n) is 9.55. The number of methoxy groups -OCH3 is 1. The second kappa shape index (κ2) is 14.9. The van der Waals surface area contributed by atoms with Crippen molar-refractivity contribution in [3.8, 4) is 5.75 Å². The van der Waals surface area contributed by atoms with E-state index in [-0.39, 0.29) is 18.6 Å². The molecule has 2 aliphatic rings. The molecular weight excluding hydrogens is 539 g/mol. The van der Waals surface area contributed by atoms with Crippen LogP contribution >= 0.6 is 0 Å². The zero-order valence-electron chi connectivity index (χ0n) is 24.7. The van der Waals surface area contributed by atoms with Gasteiger partial charge in [0.05, 0.1) is 25.3 Å². The van der Waals surface area contributed by atoms with Crippen LogP contribution in [0.4, 0.5) is 4.39 Å². The summed E-state index contributed by atoms with van der Waals surface area (Å²) in [6, 6.07) is 8.85. The number of amides is 2. The normalized spacial score (nSPS) is 15.2. The monoisotopic (exact) mass is 578 g/mol. The first-order valence-corrected chi connectivity index (χ1v) is 13.8. The van der Waals surface area contributed by atoms with Gasteiger partial charge in [-0.2, -0.15) is 0 Å². The molecule has 1 unspecified atom stereocenters. The van der Waals surface area contributed by atoms with Crippen LogP contribution in [0.3, 0.4) is 0 Å². The van der Waals surface area contributed by atoms with Crippen LogP contribution in [0, 0.1) is 5.82 Å². The predicted molar refractivity (Wildman–Crippen MR) is 161 cm³/mol. The molecule has 2 aromatic carbocycles. The number of amidine groups is 1. The Hall–Kier alpha value is -4.48. The molecular formula is C31H39FN6O4. The molecule has 0 saturated carbocycles. The number of hydrazine groups is 2. The van der Waals surface area contributed by atoms with Gasteiger partial charge >= 0.3 is 0 Å². The molecule has 2 aliphatic heterocycles. The van der Waals surface area contributed by atoms with E-state index in [0.717, 1.165) is 16.7 Å². The minimum atomic E-state index is -0.400.